The number of aromatic nitrogens is 3. The highest BCUT2D eigenvalue weighted by molar-refractivity contribution is 5.77. The summed E-state index contributed by atoms with van der Waals surface area (Å²) in [5.74, 6) is 0.750. The van der Waals surface area contributed by atoms with Crippen LogP contribution in [0.1, 0.15) is 26.3 Å². The SMILES string of the molecule is CC(C)(C)N1CCN(CCNc2ccc3ncc(-c4ccc(CN)cc4)n3n2)C1=O. The number of urea groups is 1. The predicted octanol–water partition coefficient (Wildman–Crippen LogP) is 2.80. The van der Waals surface area contributed by atoms with E-state index < -0.39 is 0 Å². The predicted molar refractivity (Wildman–Crippen MR) is 118 cm³/mol. The molecule has 2 aromatic heterocycles. The Bertz CT molecular complexity index is 1040. The number of nitrogens with two attached hydrogens (primary N) is 1. The molecule has 158 valence electrons. The molecule has 1 aliphatic heterocycles. The molecule has 8 heteroatoms. The van der Waals surface area contributed by atoms with Crippen molar-refractivity contribution in [2.75, 3.05) is 31.5 Å². The summed E-state index contributed by atoms with van der Waals surface area (Å²) in [5, 5.41) is 8.03. The first-order valence-corrected chi connectivity index (χ1v) is 10.3. The number of anilines is 1. The second-order valence-electron chi connectivity index (χ2n) is 8.55. The molecule has 0 bridgehead atoms. The number of nitrogens with zero attached hydrogens (tertiary/aromatic N) is 5. The van der Waals surface area contributed by atoms with Gasteiger partial charge in [0.2, 0.25) is 0 Å². The van der Waals surface area contributed by atoms with E-state index >= 15 is 0 Å². The van der Waals surface area contributed by atoms with Crippen molar-refractivity contribution < 1.29 is 4.79 Å². The van der Waals surface area contributed by atoms with Gasteiger partial charge in [-0.15, -0.1) is 5.10 Å². The molecule has 3 N–H and O–H groups in total. The van der Waals surface area contributed by atoms with E-state index in [1.54, 1.807) is 0 Å². The van der Waals surface area contributed by atoms with E-state index in [2.05, 4.69) is 31.1 Å². The summed E-state index contributed by atoms with van der Waals surface area (Å²) in [6, 6.07) is 12.1. The highest BCUT2D eigenvalue weighted by atomic mass is 16.2. The first-order chi connectivity index (χ1) is 14.4. The topological polar surface area (TPSA) is 91.8 Å². The first-order valence-electron chi connectivity index (χ1n) is 10.3. The lowest BCUT2D eigenvalue weighted by Gasteiger charge is -2.31. The molecular formula is C22H29N7O. The quantitative estimate of drug-likeness (QED) is 0.656. The number of imidazole rings is 1. The molecule has 0 saturated carbocycles. The number of hydrogen-bond donors (Lipinski definition) is 2. The van der Waals surface area contributed by atoms with Gasteiger partial charge >= 0.3 is 6.03 Å². The summed E-state index contributed by atoms with van der Waals surface area (Å²) < 4.78 is 1.84. The fourth-order valence-electron chi connectivity index (χ4n) is 3.71. The van der Waals surface area contributed by atoms with E-state index in [1.807, 2.05) is 56.9 Å². The van der Waals surface area contributed by atoms with Crippen molar-refractivity contribution in [2.24, 2.45) is 5.73 Å². The summed E-state index contributed by atoms with van der Waals surface area (Å²) >= 11 is 0. The summed E-state index contributed by atoms with van der Waals surface area (Å²) in [7, 11) is 0. The second kappa shape index (κ2) is 7.95. The van der Waals surface area contributed by atoms with Gasteiger partial charge in [0.1, 0.15) is 5.82 Å². The molecule has 30 heavy (non-hydrogen) atoms. The molecule has 0 aliphatic carbocycles. The fourth-order valence-corrected chi connectivity index (χ4v) is 3.71. The number of nitrogens with one attached hydrogen (secondary N) is 1. The molecule has 0 unspecified atom stereocenters. The van der Waals surface area contributed by atoms with Gasteiger partial charge < -0.3 is 20.9 Å². The third-order valence-corrected chi connectivity index (χ3v) is 5.44. The molecule has 1 fully saturated rings. The maximum atomic E-state index is 12.6. The third kappa shape index (κ3) is 3.95. The Hall–Kier alpha value is -3.13. The van der Waals surface area contributed by atoms with Crippen molar-refractivity contribution >= 4 is 17.5 Å². The van der Waals surface area contributed by atoms with E-state index in [9.17, 15) is 4.79 Å². The van der Waals surface area contributed by atoms with Crippen LogP contribution < -0.4 is 11.1 Å². The van der Waals surface area contributed by atoms with Crippen molar-refractivity contribution in [2.45, 2.75) is 32.9 Å². The number of fused-ring (bicyclic) bond motifs is 1. The zero-order chi connectivity index (χ0) is 21.3. The van der Waals surface area contributed by atoms with Gasteiger partial charge in [-0.05, 0) is 38.5 Å². The van der Waals surface area contributed by atoms with Gasteiger partial charge in [-0.3, -0.25) is 0 Å². The molecular weight excluding hydrogens is 378 g/mol. The number of amides is 2. The second-order valence-corrected chi connectivity index (χ2v) is 8.55. The Morgan fingerprint density at radius 2 is 1.87 bits per heavy atom. The van der Waals surface area contributed by atoms with Crippen LogP contribution in [-0.4, -0.2) is 62.1 Å². The minimum Gasteiger partial charge on any atom is -0.367 e. The summed E-state index contributed by atoms with van der Waals surface area (Å²) in [6.45, 7) is 9.53. The van der Waals surface area contributed by atoms with Crippen molar-refractivity contribution in [3.8, 4) is 11.3 Å². The summed E-state index contributed by atoms with van der Waals surface area (Å²) in [6.07, 6.45) is 1.83. The van der Waals surface area contributed by atoms with E-state index in [1.165, 1.54) is 0 Å². The number of rotatable bonds is 6. The molecule has 3 heterocycles. The normalized spacial score (nSPS) is 14.7. The average Bonchev–Trinajstić information content (AvgIpc) is 3.31. The van der Waals surface area contributed by atoms with E-state index in [-0.39, 0.29) is 11.6 Å². The lowest BCUT2D eigenvalue weighted by Crippen LogP contribution is -2.44. The van der Waals surface area contributed by atoms with E-state index in [0.717, 1.165) is 41.4 Å². The molecule has 1 saturated heterocycles. The Kier molecular flexibility index (Phi) is 5.34. The monoisotopic (exact) mass is 407 g/mol. The fraction of sp³-hybridized carbons (Fsp3) is 0.409. The molecule has 0 atom stereocenters. The highest BCUT2D eigenvalue weighted by Crippen LogP contribution is 2.22. The van der Waals surface area contributed by atoms with Crippen LogP contribution in [0.4, 0.5) is 10.6 Å². The zero-order valence-corrected chi connectivity index (χ0v) is 17.8. The Balaban J connectivity index is 1.43. The molecule has 1 aliphatic rings. The van der Waals surface area contributed by atoms with Crippen LogP contribution in [0, 0.1) is 0 Å². The number of carbonyl (C=O) groups is 1. The van der Waals surface area contributed by atoms with Gasteiger partial charge in [0.25, 0.3) is 0 Å². The molecule has 3 aromatic rings. The maximum absolute atomic E-state index is 12.6. The lowest BCUT2D eigenvalue weighted by atomic mass is 10.1. The number of hydrogen-bond acceptors (Lipinski definition) is 5. The molecule has 0 spiro atoms. The van der Waals surface area contributed by atoms with Gasteiger partial charge in [0.15, 0.2) is 5.65 Å². The molecule has 0 radical (unpaired) electrons. The Morgan fingerprint density at radius 3 is 2.53 bits per heavy atom. The average molecular weight is 408 g/mol. The summed E-state index contributed by atoms with van der Waals surface area (Å²) in [5.41, 5.74) is 9.38. The van der Waals surface area contributed by atoms with Crippen molar-refractivity contribution in [3.63, 3.8) is 0 Å². The summed E-state index contributed by atoms with van der Waals surface area (Å²) in [4.78, 5) is 20.8. The Labute approximate surface area is 176 Å². The lowest BCUT2D eigenvalue weighted by molar-refractivity contribution is 0.156. The van der Waals surface area contributed by atoms with Crippen molar-refractivity contribution in [1.29, 1.82) is 0 Å². The van der Waals surface area contributed by atoms with Crippen LogP contribution in [0.15, 0.2) is 42.6 Å². The van der Waals surface area contributed by atoms with Crippen LogP contribution in [0.25, 0.3) is 16.9 Å². The molecule has 4 rings (SSSR count). The minimum atomic E-state index is -0.147. The van der Waals surface area contributed by atoms with Crippen LogP contribution in [0.3, 0.4) is 0 Å². The Morgan fingerprint density at radius 1 is 1.10 bits per heavy atom. The standard InChI is InChI=1S/C22H29N7O/c1-22(2,3)28-13-12-27(21(28)30)11-10-24-19-8-9-20-25-15-18(29(20)26-19)17-6-4-16(14-23)5-7-17/h4-9,15H,10-14,23H2,1-3H3,(H,24,26). The largest absolute Gasteiger partial charge is 0.367 e. The van der Waals surface area contributed by atoms with E-state index in [4.69, 9.17) is 10.8 Å². The van der Waals surface area contributed by atoms with Gasteiger partial charge in [-0.1, -0.05) is 24.3 Å². The van der Waals surface area contributed by atoms with Gasteiger partial charge in [-0.2, -0.15) is 0 Å². The molecule has 1 aromatic carbocycles. The number of carbonyl (C=O) groups excluding carboxylic acids is 1. The van der Waals surface area contributed by atoms with Crippen LogP contribution in [-0.2, 0) is 6.54 Å². The van der Waals surface area contributed by atoms with Gasteiger partial charge in [-0.25, -0.2) is 14.3 Å². The van der Waals surface area contributed by atoms with Crippen molar-refractivity contribution in [1.82, 2.24) is 24.4 Å². The van der Waals surface area contributed by atoms with Gasteiger partial charge in [0, 0.05) is 43.8 Å². The van der Waals surface area contributed by atoms with Crippen LogP contribution in [0.5, 0.6) is 0 Å². The van der Waals surface area contributed by atoms with Crippen molar-refractivity contribution in [3.05, 3.63) is 48.2 Å². The maximum Gasteiger partial charge on any atom is 0.320 e. The highest BCUT2D eigenvalue weighted by Gasteiger charge is 2.35. The first kappa shape index (κ1) is 20.2. The molecule has 8 nitrogen and oxygen atoms in total. The minimum absolute atomic E-state index is 0.102. The van der Waals surface area contributed by atoms with E-state index in [0.29, 0.717) is 19.6 Å². The van der Waals surface area contributed by atoms with Gasteiger partial charge in [0.05, 0.1) is 11.9 Å². The zero-order valence-electron chi connectivity index (χ0n) is 17.8. The third-order valence-electron chi connectivity index (χ3n) is 5.44. The molecule has 2 amide bonds. The van der Waals surface area contributed by atoms with Crippen LogP contribution in [0.2, 0.25) is 0 Å². The van der Waals surface area contributed by atoms with Crippen LogP contribution >= 0.6 is 0 Å². The number of benzene rings is 1. The smallest absolute Gasteiger partial charge is 0.320 e.